The molecule has 0 aliphatic carbocycles. The minimum Gasteiger partial charge on any atom is -0.477 e. The van der Waals surface area contributed by atoms with E-state index in [-0.39, 0.29) is 17.2 Å². The molecule has 0 atom stereocenters. The van der Waals surface area contributed by atoms with Gasteiger partial charge in [-0.15, -0.1) is 0 Å². The highest BCUT2D eigenvalue weighted by Gasteiger charge is 2.16. The molecule has 90 valence electrons. The maximum absolute atomic E-state index is 12.2. The second-order valence-corrected chi connectivity index (χ2v) is 3.71. The van der Waals surface area contributed by atoms with E-state index in [9.17, 15) is 9.59 Å². The fourth-order valence-electron chi connectivity index (χ4n) is 1.64. The first-order chi connectivity index (χ1) is 8.61. The van der Waals surface area contributed by atoms with Gasteiger partial charge < -0.3 is 9.67 Å². The minimum absolute atomic E-state index is 0.153. The van der Waals surface area contributed by atoms with E-state index in [0.717, 1.165) is 0 Å². The van der Waals surface area contributed by atoms with Crippen LogP contribution in [0.3, 0.4) is 0 Å². The number of carbonyl (C=O) groups is 2. The number of ketones is 1. The van der Waals surface area contributed by atoms with Gasteiger partial charge in [0.2, 0.25) is 5.78 Å². The monoisotopic (exact) mass is 241 g/mol. The first kappa shape index (κ1) is 11.9. The molecular formula is C14H11NO3. The van der Waals surface area contributed by atoms with Gasteiger partial charge in [-0.05, 0) is 12.1 Å². The summed E-state index contributed by atoms with van der Waals surface area (Å²) in [6.45, 7) is 3.44. The molecule has 0 amide bonds. The molecule has 0 spiro atoms. The third-order valence-corrected chi connectivity index (χ3v) is 2.56. The maximum atomic E-state index is 12.2. The van der Waals surface area contributed by atoms with Gasteiger partial charge in [0.1, 0.15) is 5.70 Å². The predicted octanol–water partition coefficient (Wildman–Crippen LogP) is 2.27. The molecular weight excluding hydrogens is 230 g/mol. The van der Waals surface area contributed by atoms with Crippen molar-refractivity contribution in [3.63, 3.8) is 0 Å². The van der Waals surface area contributed by atoms with Gasteiger partial charge >= 0.3 is 5.97 Å². The van der Waals surface area contributed by atoms with E-state index in [1.165, 1.54) is 10.8 Å². The number of aromatic nitrogens is 1. The molecule has 0 bridgehead atoms. The summed E-state index contributed by atoms with van der Waals surface area (Å²) in [5.41, 5.74) is 0.642. The maximum Gasteiger partial charge on any atom is 0.352 e. The fourth-order valence-corrected chi connectivity index (χ4v) is 1.64. The Morgan fingerprint density at radius 3 is 2.33 bits per heavy atom. The molecule has 4 heteroatoms. The quantitative estimate of drug-likeness (QED) is 0.659. The lowest BCUT2D eigenvalue weighted by Crippen LogP contribution is -2.13. The summed E-state index contributed by atoms with van der Waals surface area (Å²) < 4.78 is 1.28. The van der Waals surface area contributed by atoms with E-state index < -0.39 is 5.97 Å². The molecule has 0 saturated heterocycles. The van der Waals surface area contributed by atoms with Crippen LogP contribution in [0.5, 0.6) is 0 Å². The van der Waals surface area contributed by atoms with Crippen molar-refractivity contribution >= 4 is 17.4 Å². The number of hydrogen-bond donors (Lipinski definition) is 1. The minimum atomic E-state index is -1.16. The average Bonchev–Trinajstić information content (AvgIpc) is 2.87. The van der Waals surface area contributed by atoms with Crippen LogP contribution in [-0.2, 0) is 4.79 Å². The fraction of sp³-hybridized carbons (Fsp3) is 0. The second-order valence-electron chi connectivity index (χ2n) is 3.71. The standard InChI is InChI=1S/C14H11NO3/c1-10(14(17)18)15-9-5-8-12(15)13(16)11-6-3-2-4-7-11/h2-9H,1H2,(H,17,18). The molecule has 1 aromatic heterocycles. The normalized spacial score (nSPS) is 10.0. The largest absolute Gasteiger partial charge is 0.477 e. The zero-order valence-electron chi connectivity index (χ0n) is 9.54. The van der Waals surface area contributed by atoms with Gasteiger partial charge in [0.05, 0.1) is 5.69 Å². The van der Waals surface area contributed by atoms with Crippen LogP contribution in [-0.4, -0.2) is 21.4 Å². The Hall–Kier alpha value is -2.62. The molecule has 2 aromatic rings. The van der Waals surface area contributed by atoms with E-state index in [4.69, 9.17) is 5.11 Å². The Morgan fingerprint density at radius 1 is 1.06 bits per heavy atom. The smallest absolute Gasteiger partial charge is 0.352 e. The Labute approximate surface area is 104 Å². The van der Waals surface area contributed by atoms with Gasteiger partial charge in [-0.2, -0.15) is 0 Å². The van der Waals surface area contributed by atoms with E-state index in [1.54, 1.807) is 36.4 Å². The van der Waals surface area contributed by atoms with Crippen LogP contribution >= 0.6 is 0 Å². The highest BCUT2D eigenvalue weighted by atomic mass is 16.4. The molecule has 4 nitrogen and oxygen atoms in total. The number of nitrogens with zero attached hydrogens (tertiary/aromatic N) is 1. The van der Waals surface area contributed by atoms with Crippen molar-refractivity contribution in [1.82, 2.24) is 4.57 Å². The summed E-state index contributed by atoms with van der Waals surface area (Å²) in [6, 6.07) is 11.9. The van der Waals surface area contributed by atoms with E-state index in [1.807, 2.05) is 6.07 Å². The molecule has 1 aromatic carbocycles. The molecule has 0 saturated carbocycles. The van der Waals surface area contributed by atoms with Crippen molar-refractivity contribution in [2.45, 2.75) is 0 Å². The van der Waals surface area contributed by atoms with Gasteiger partial charge in [-0.25, -0.2) is 4.79 Å². The number of rotatable bonds is 4. The second kappa shape index (κ2) is 4.71. The molecule has 0 aliphatic heterocycles. The van der Waals surface area contributed by atoms with E-state index in [2.05, 4.69) is 6.58 Å². The van der Waals surface area contributed by atoms with Gasteiger partial charge in [0.15, 0.2) is 0 Å². The highest BCUT2D eigenvalue weighted by Crippen LogP contribution is 2.14. The van der Waals surface area contributed by atoms with Gasteiger partial charge in [-0.1, -0.05) is 36.9 Å². The summed E-state index contributed by atoms with van der Waals surface area (Å²) in [5, 5.41) is 8.90. The van der Waals surface area contributed by atoms with Crippen molar-refractivity contribution in [2.24, 2.45) is 0 Å². The van der Waals surface area contributed by atoms with Crippen LogP contribution in [0, 0.1) is 0 Å². The Bertz CT molecular complexity index is 611. The molecule has 0 aliphatic rings. The molecule has 1 heterocycles. The van der Waals surface area contributed by atoms with Gasteiger partial charge in [0.25, 0.3) is 0 Å². The van der Waals surface area contributed by atoms with Crippen molar-refractivity contribution in [3.8, 4) is 0 Å². The summed E-state index contributed by atoms with van der Waals surface area (Å²) in [6.07, 6.45) is 1.51. The van der Waals surface area contributed by atoms with Gasteiger partial charge in [0, 0.05) is 11.8 Å². The molecule has 0 radical (unpaired) electrons. The average molecular weight is 241 g/mol. The summed E-state index contributed by atoms with van der Waals surface area (Å²) in [7, 11) is 0. The molecule has 1 N–H and O–H groups in total. The first-order valence-corrected chi connectivity index (χ1v) is 5.31. The summed E-state index contributed by atoms with van der Waals surface area (Å²) in [4.78, 5) is 23.1. The molecule has 18 heavy (non-hydrogen) atoms. The molecule has 0 unspecified atom stereocenters. The highest BCUT2D eigenvalue weighted by molar-refractivity contribution is 6.13. The van der Waals surface area contributed by atoms with E-state index >= 15 is 0 Å². The van der Waals surface area contributed by atoms with Gasteiger partial charge in [-0.3, -0.25) is 4.79 Å². The number of aliphatic carboxylic acids is 1. The van der Waals surface area contributed by atoms with E-state index in [0.29, 0.717) is 5.56 Å². The lowest BCUT2D eigenvalue weighted by Gasteiger charge is -2.07. The molecule has 2 rings (SSSR count). The number of carboxylic acid groups (broad SMARTS) is 1. The molecule has 0 fully saturated rings. The van der Waals surface area contributed by atoms with Crippen LogP contribution in [0.15, 0.2) is 55.2 Å². The topological polar surface area (TPSA) is 59.3 Å². The number of hydrogen-bond acceptors (Lipinski definition) is 2. The van der Waals surface area contributed by atoms with Crippen molar-refractivity contribution in [3.05, 3.63) is 66.5 Å². The van der Waals surface area contributed by atoms with Crippen LogP contribution < -0.4 is 0 Å². The lowest BCUT2D eigenvalue weighted by molar-refractivity contribution is -0.130. The number of carboxylic acids is 1. The summed E-state index contributed by atoms with van der Waals surface area (Å²) >= 11 is 0. The predicted molar refractivity (Wildman–Crippen MR) is 67.3 cm³/mol. The lowest BCUT2D eigenvalue weighted by atomic mass is 10.1. The van der Waals surface area contributed by atoms with Crippen LogP contribution in [0.2, 0.25) is 0 Å². The first-order valence-electron chi connectivity index (χ1n) is 5.31. The number of carbonyl (C=O) groups excluding carboxylic acids is 1. The Morgan fingerprint density at radius 2 is 1.72 bits per heavy atom. The van der Waals surface area contributed by atoms with Crippen LogP contribution in [0.1, 0.15) is 16.1 Å². The Kier molecular flexibility index (Phi) is 3.10. The Balaban J connectivity index is 2.42. The zero-order chi connectivity index (χ0) is 13.1. The third-order valence-electron chi connectivity index (χ3n) is 2.56. The number of benzene rings is 1. The van der Waals surface area contributed by atoms with Crippen molar-refractivity contribution < 1.29 is 14.7 Å². The summed E-state index contributed by atoms with van der Waals surface area (Å²) in [5.74, 6) is -1.39. The zero-order valence-corrected chi connectivity index (χ0v) is 9.54. The van der Waals surface area contributed by atoms with Crippen molar-refractivity contribution in [2.75, 3.05) is 0 Å². The SMILES string of the molecule is C=C(C(=O)O)n1cccc1C(=O)c1ccccc1. The van der Waals surface area contributed by atoms with Crippen LogP contribution in [0.4, 0.5) is 0 Å². The van der Waals surface area contributed by atoms with Crippen molar-refractivity contribution in [1.29, 1.82) is 0 Å². The third kappa shape index (κ3) is 2.08. The van der Waals surface area contributed by atoms with Crippen LogP contribution in [0.25, 0.3) is 5.70 Å².